The van der Waals surface area contributed by atoms with Gasteiger partial charge in [0, 0.05) is 105 Å². The fraction of sp³-hybridized carbons (Fsp3) is 0.386. The molecule has 5 aromatic rings. The SMILES string of the molecule is C=C1c2cccc(OCCCCOc3ccc(-c4cc5cccc(-c6nc(C7CCOCC7)n7c6CN(C(C)=O)CC7)c5cn4)cn3)c2CN1C(C)C(=O)NC. The van der Waals surface area contributed by atoms with E-state index in [1.54, 1.807) is 20.2 Å². The summed E-state index contributed by atoms with van der Waals surface area (Å²) in [5.41, 5.74) is 7.70. The van der Waals surface area contributed by atoms with Gasteiger partial charge in [0.25, 0.3) is 0 Å². The lowest BCUT2D eigenvalue weighted by atomic mass is 9.99. The summed E-state index contributed by atoms with van der Waals surface area (Å²) in [7, 11) is 1.65. The zero-order chi connectivity index (χ0) is 38.8. The van der Waals surface area contributed by atoms with Gasteiger partial charge in [-0.05, 0) is 56.2 Å². The van der Waals surface area contributed by atoms with E-state index >= 15 is 0 Å². The number of carbonyl (C=O) groups excluding carboxylic acids is 2. The van der Waals surface area contributed by atoms with Crippen LogP contribution in [0.3, 0.4) is 0 Å². The first-order valence-electron chi connectivity index (χ1n) is 19.6. The molecule has 3 aliphatic heterocycles. The van der Waals surface area contributed by atoms with Gasteiger partial charge in [-0.3, -0.25) is 14.6 Å². The molecule has 2 aromatic carbocycles. The molecule has 6 heterocycles. The van der Waals surface area contributed by atoms with Crippen molar-refractivity contribution in [2.75, 3.05) is 40.0 Å². The second-order valence-corrected chi connectivity index (χ2v) is 14.8. The number of hydrogen-bond donors (Lipinski definition) is 1. The van der Waals surface area contributed by atoms with Crippen molar-refractivity contribution in [2.24, 2.45) is 0 Å². The fourth-order valence-corrected chi connectivity index (χ4v) is 8.14. The Hall–Kier alpha value is -5.75. The van der Waals surface area contributed by atoms with Crippen LogP contribution < -0.4 is 14.8 Å². The average molecular weight is 756 g/mol. The molecule has 1 N–H and O–H groups in total. The highest BCUT2D eigenvalue weighted by Crippen LogP contribution is 2.39. The van der Waals surface area contributed by atoms with E-state index < -0.39 is 0 Å². The third-order valence-corrected chi connectivity index (χ3v) is 11.4. The van der Waals surface area contributed by atoms with E-state index in [0.29, 0.717) is 44.6 Å². The van der Waals surface area contributed by atoms with Crippen molar-refractivity contribution in [3.05, 3.63) is 96.2 Å². The monoisotopic (exact) mass is 755 g/mol. The molecule has 8 rings (SSSR count). The third kappa shape index (κ3) is 7.33. The van der Waals surface area contributed by atoms with E-state index in [4.69, 9.17) is 24.2 Å². The number of unbranched alkanes of at least 4 members (excludes halogenated alkanes) is 1. The number of nitrogens with zero attached hydrogens (tertiary/aromatic N) is 6. The van der Waals surface area contributed by atoms with Crippen LogP contribution in [-0.2, 0) is 34.0 Å². The van der Waals surface area contributed by atoms with Gasteiger partial charge in [-0.15, -0.1) is 0 Å². The van der Waals surface area contributed by atoms with Crippen molar-refractivity contribution in [1.82, 2.24) is 34.6 Å². The van der Waals surface area contributed by atoms with Gasteiger partial charge in [-0.25, -0.2) is 9.97 Å². The number of aromatic nitrogens is 4. The lowest BCUT2D eigenvalue weighted by Crippen LogP contribution is -2.40. The molecular formula is C44H49N7O5. The van der Waals surface area contributed by atoms with E-state index in [1.807, 2.05) is 53.3 Å². The number of carbonyl (C=O) groups is 2. The molecule has 0 bridgehead atoms. The Kier molecular flexibility index (Phi) is 10.7. The van der Waals surface area contributed by atoms with E-state index in [0.717, 1.165) is 113 Å². The minimum Gasteiger partial charge on any atom is -0.493 e. The molecule has 12 heteroatoms. The molecule has 1 atom stereocenters. The number of amides is 2. The molecule has 3 aliphatic rings. The molecule has 1 saturated heterocycles. The smallest absolute Gasteiger partial charge is 0.242 e. The van der Waals surface area contributed by atoms with Crippen molar-refractivity contribution in [2.45, 2.75) is 71.1 Å². The van der Waals surface area contributed by atoms with Crippen molar-refractivity contribution >= 4 is 28.3 Å². The predicted molar refractivity (Wildman–Crippen MR) is 215 cm³/mol. The molecule has 0 spiro atoms. The Morgan fingerprint density at radius 1 is 0.964 bits per heavy atom. The predicted octanol–water partition coefficient (Wildman–Crippen LogP) is 6.58. The largest absolute Gasteiger partial charge is 0.493 e. The van der Waals surface area contributed by atoms with Crippen LogP contribution in [0.5, 0.6) is 11.6 Å². The molecule has 290 valence electrons. The van der Waals surface area contributed by atoms with Crippen LogP contribution in [0.4, 0.5) is 0 Å². The molecule has 56 heavy (non-hydrogen) atoms. The fourth-order valence-electron chi connectivity index (χ4n) is 8.14. The van der Waals surface area contributed by atoms with Crippen molar-refractivity contribution in [1.29, 1.82) is 0 Å². The molecule has 1 unspecified atom stereocenters. The van der Waals surface area contributed by atoms with Gasteiger partial charge in [-0.2, -0.15) is 0 Å². The highest BCUT2D eigenvalue weighted by Gasteiger charge is 2.32. The normalized spacial score (nSPS) is 16.1. The Morgan fingerprint density at radius 2 is 1.75 bits per heavy atom. The van der Waals surface area contributed by atoms with E-state index in [1.165, 1.54) is 0 Å². The van der Waals surface area contributed by atoms with Crippen LogP contribution in [0.1, 0.15) is 68.1 Å². The Balaban J connectivity index is 0.893. The quantitative estimate of drug-likeness (QED) is 0.141. The first-order valence-corrected chi connectivity index (χ1v) is 19.6. The number of likely N-dealkylation sites (N-methyl/N-ethyl adjacent to an activating group) is 1. The highest BCUT2D eigenvalue weighted by molar-refractivity contribution is 5.97. The summed E-state index contributed by atoms with van der Waals surface area (Å²) in [6.07, 6.45) is 7.27. The maximum Gasteiger partial charge on any atom is 0.242 e. The summed E-state index contributed by atoms with van der Waals surface area (Å²) >= 11 is 0. The molecule has 0 radical (unpaired) electrons. The first kappa shape index (κ1) is 37.2. The van der Waals surface area contributed by atoms with E-state index in [2.05, 4.69) is 45.7 Å². The third-order valence-electron chi connectivity index (χ3n) is 11.4. The Bertz CT molecular complexity index is 2260. The van der Waals surface area contributed by atoms with Crippen molar-refractivity contribution in [3.8, 4) is 34.1 Å². The van der Waals surface area contributed by atoms with Crippen LogP contribution in [0.2, 0.25) is 0 Å². The van der Waals surface area contributed by atoms with Crippen molar-refractivity contribution in [3.63, 3.8) is 0 Å². The number of ether oxygens (including phenoxy) is 3. The molecular weight excluding hydrogens is 707 g/mol. The lowest BCUT2D eigenvalue weighted by Gasteiger charge is -2.30. The maximum atomic E-state index is 12.4. The molecule has 2 amide bonds. The second-order valence-electron chi connectivity index (χ2n) is 14.8. The van der Waals surface area contributed by atoms with Gasteiger partial charge in [0.2, 0.25) is 17.7 Å². The number of rotatable bonds is 12. The van der Waals surface area contributed by atoms with Crippen LogP contribution in [-0.4, -0.2) is 87.2 Å². The lowest BCUT2D eigenvalue weighted by molar-refractivity contribution is -0.130. The van der Waals surface area contributed by atoms with Gasteiger partial charge >= 0.3 is 0 Å². The van der Waals surface area contributed by atoms with Crippen molar-refractivity contribution < 1.29 is 23.8 Å². The molecule has 3 aromatic heterocycles. The number of fused-ring (bicyclic) bond motifs is 3. The number of hydrogen-bond acceptors (Lipinski definition) is 9. The molecule has 0 saturated carbocycles. The van der Waals surface area contributed by atoms with Crippen LogP contribution in [0.25, 0.3) is 39.0 Å². The van der Waals surface area contributed by atoms with Crippen LogP contribution >= 0.6 is 0 Å². The zero-order valence-electron chi connectivity index (χ0n) is 32.4. The summed E-state index contributed by atoms with van der Waals surface area (Å²) in [5, 5.41) is 4.81. The van der Waals surface area contributed by atoms with E-state index in [9.17, 15) is 9.59 Å². The van der Waals surface area contributed by atoms with Gasteiger partial charge < -0.3 is 33.9 Å². The topological polar surface area (TPSA) is 124 Å². The molecule has 0 aliphatic carbocycles. The maximum absolute atomic E-state index is 12.4. The standard InChI is InChI=1S/C44H49N7O5/c1-28-34-10-8-12-40(37(34)26-51(28)29(2)44(53)45-4)55-19-5-6-20-56-41-14-13-33(24-47-41)38-23-32-9-7-11-35(36(32)25-46-38)42-39-27-49(30(3)52)17-18-50(39)43(48-42)31-15-21-54-22-16-31/h7-14,23-25,29,31H,1,5-6,15-22,26-27H2,2-4H3,(H,45,53). The summed E-state index contributed by atoms with van der Waals surface area (Å²) in [4.78, 5) is 43.4. The van der Waals surface area contributed by atoms with Crippen LogP contribution in [0.15, 0.2) is 73.6 Å². The summed E-state index contributed by atoms with van der Waals surface area (Å²) in [6.45, 7) is 12.9. The Morgan fingerprint density at radius 3 is 2.52 bits per heavy atom. The number of nitrogens with one attached hydrogen (secondary N) is 1. The minimum absolute atomic E-state index is 0.0423. The second kappa shape index (κ2) is 16.2. The van der Waals surface area contributed by atoms with Gasteiger partial charge in [-0.1, -0.05) is 36.9 Å². The Labute approximate surface area is 327 Å². The number of pyridine rings is 2. The van der Waals surface area contributed by atoms with Gasteiger partial charge in [0.1, 0.15) is 17.6 Å². The van der Waals surface area contributed by atoms with E-state index in [-0.39, 0.29) is 17.9 Å². The molecule has 1 fully saturated rings. The van der Waals surface area contributed by atoms with Crippen LogP contribution in [0, 0.1) is 0 Å². The average Bonchev–Trinajstić information content (AvgIpc) is 3.79. The number of imidazole rings is 1. The number of benzene rings is 2. The highest BCUT2D eigenvalue weighted by atomic mass is 16.5. The van der Waals surface area contributed by atoms with Gasteiger partial charge in [0.05, 0.1) is 36.8 Å². The summed E-state index contributed by atoms with van der Waals surface area (Å²) < 4.78 is 20.2. The zero-order valence-corrected chi connectivity index (χ0v) is 32.4. The first-order chi connectivity index (χ1) is 27.3. The summed E-state index contributed by atoms with van der Waals surface area (Å²) in [6, 6.07) is 17.9. The summed E-state index contributed by atoms with van der Waals surface area (Å²) in [5.74, 6) is 2.88. The van der Waals surface area contributed by atoms with Gasteiger partial charge in [0.15, 0.2) is 0 Å². The minimum atomic E-state index is -0.317. The molecule has 12 nitrogen and oxygen atoms in total.